The van der Waals surface area contributed by atoms with Crippen LogP contribution in [0.25, 0.3) is 0 Å². The van der Waals surface area contributed by atoms with Gasteiger partial charge < -0.3 is 10.1 Å². The number of nitrogens with one attached hydrogen (secondary N) is 1. The molecule has 0 spiro atoms. The summed E-state index contributed by atoms with van der Waals surface area (Å²) in [6.45, 7) is 0.874. The van der Waals surface area contributed by atoms with Gasteiger partial charge in [0.2, 0.25) is 0 Å². The summed E-state index contributed by atoms with van der Waals surface area (Å²) in [7, 11) is 0. The second-order valence-electron chi connectivity index (χ2n) is 5.74. The minimum absolute atomic E-state index is 0.0421. The third-order valence-electron chi connectivity index (χ3n) is 3.69. The maximum absolute atomic E-state index is 13.1. The van der Waals surface area contributed by atoms with Crippen LogP contribution < -0.4 is 10.1 Å². The Bertz CT molecular complexity index is 478. The number of rotatable bonds is 6. The molecule has 0 aliphatic heterocycles. The van der Waals surface area contributed by atoms with Crippen molar-refractivity contribution in [3.05, 3.63) is 29.3 Å². The molecular weight excluding hydrogens is 267 g/mol. The van der Waals surface area contributed by atoms with Gasteiger partial charge >= 0.3 is 6.18 Å². The molecule has 5 heteroatoms. The molecule has 20 heavy (non-hydrogen) atoms. The number of ether oxygens (including phenoxy) is 1. The first-order chi connectivity index (χ1) is 9.52. The fraction of sp³-hybridized carbons (Fsp3) is 0.600. The second kappa shape index (κ2) is 5.28. The highest BCUT2D eigenvalue weighted by molar-refractivity contribution is 5.39. The summed E-state index contributed by atoms with van der Waals surface area (Å²) in [6.07, 6.45) is -0.00656. The van der Waals surface area contributed by atoms with Crippen LogP contribution in [0.15, 0.2) is 18.2 Å². The molecular formula is C15H18F3NO. The van der Waals surface area contributed by atoms with Crippen LogP contribution in [0.2, 0.25) is 0 Å². The summed E-state index contributed by atoms with van der Waals surface area (Å²) in [4.78, 5) is 0. The lowest BCUT2D eigenvalue weighted by atomic mass is 10.1. The van der Waals surface area contributed by atoms with Crippen molar-refractivity contribution in [2.24, 2.45) is 5.92 Å². The molecule has 0 bridgehead atoms. The predicted octanol–water partition coefficient (Wildman–Crippen LogP) is 3.75. The summed E-state index contributed by atoms with van der Waals surface area (Å²) in [6, 6.07) is 4.86. The van der Waals surface area contributed by atoms with E-state index in [-0.39, 0.29) is 5.75 Å². The lowest BCUT2D eigenvalue weighted by molar-refractivity contribution is -0.139. The third kappa shape index (κ3) is 3.66. The van der Waals surface area contributed by atoms with Crippen LogP contribution in [-0.2, 0) is 12.7 Å². The van der Waals surface area contributed by atoms with E-state index < -0.39 is 11.7 Å². The van der Waals surface area contributed by atoms with E-state index in [1.807, 2.05) is 0 Å². The average Bonchev–Trinajstić information content (AvgIpc) is 3.26. The van der Waals surface area contributed by atoms with Gasteiger partial charge in [0.1, 0.15) is 5.75 Å². The number of benzene rings is 1. The lowest BCUT2D eigenvalue weighted by Gasteiger charge is -2.15. The second-order valence-corrected chi connectivity index (χ2v) is 5.74. The molecule has 0 heterocycles. The molecule has 1 aromatic carbocycles. The predicted molar refractivity (Wildman–Crippen MR) is 69.5 cm³/mol. The number of alkyl halides is 3. The fourth-order valence-corrected chi connectivity index (χ4v) is 2.08. The molecule has 0 aromatic heterocycles. The number of hydrogen-bond acceptors (Lipinski definition) is 2. The highest BCUT2D eigenvalue weighted by atomic mass is 19.4. The Morgan fingerprint density at radius 1 is 1.15 bits per heavy atom. The van der Waals surface area contributed by atoms with E-state index in [9.17, 15) is 13.2 Å². The van der Waals surface area contributed by atoms with Crippen molar-refractivity contribution in [1.29, 1.82) is 0 Å². The Balaban J connectivity index is 1.72. The van der Waals surface area contributed by atoms with E-state index in [0.29, 0.717) is 30.7 Å². The van der Waals surface area contributed by atoms with Crippen LogP contribution >= 0.6 is 0 Å². The monoisotopic (exact) mass is 285 g/mol. The molecule has 1 N–H and O–H groups in total. The molecule has 2 saturated carbocycles. The van der Waals surface area contributed by atoms with Gasteiger partial charge in [0.05, 0.1) is 12.2 Å². The zero-order chi connectivity index (χ0) is 14.2. The summed E-state index contributed by atoms with van der Waals surface area (Å²) in [5.74, 6) is 0.395. The van der Waals surface area contributed by atoms with Crippen LogP contribution in [0.5, 0.6) is 5.75 Å². The fourth-order valence-electron chi connectivity index (χ4n) is 2.08. The summed E-state index contributed by atoms with van der Waals surface area (Å²) < 4.78 is 44.6. The first kappa shape index (κ1) is 13.7. The van der Waals surface area contributed by atoms with Crippen molar-refractivity contribution in [3.8, 4) is 5.75 Å². The molecule has 0 atom stereocenters. The van der Waals surface area contributed by atoms with Gasteiger partial charge in [-0.3, -0.25) is 0 Å². The Morgan fingerprint density at radius 3 is 2.50 bits per heavy atom. The van der Waals surface area contributed by atoms with E-state index in [4.69, 9.17) is 4.74 Å². The van der Waals surface area contributed by atoms with Crippen molar-refractivity contribution in [3.63, 3.8) is 0 Å². The number of halogens is 3. The molecule has 2 aliphatic rings. The van der Waals surface area contributed by atoms with E-state index in [2.05, 4.69) is 5.32 Å². The first-order valence-electron chi connectivity index (χ1n) is 7.08. The Kier molecular flexibility index (Phi) is 3.63. The Labute approximate surface area is 116 Å². The van der Waals surface area contributed by atoms with Crippen molar-refractivity contribution in [2.45, 2.75) is 44.4 Å². The van der Waals surface area contributed by atoms with Crippen LogP contribution in [0.3, 0.4) is 0 Å². The molecule has 3 rings (SSSR count). The zero-order valence-corrected chi connectivity index (χ0v) is 11.2. The van der Waals surface area contributed by atoms with Gasteiger partial charge in [-0.15, -0.1) is 0 Å². The van der Waals surface area contributed by atoms with Crippen molar-refractivity contribution in [2.75, 3.05) is 6.61 Å². The minimum atomic E-state index is -4.37. The van der Waals surface area contributed by atoms with Crippen LogP contribution in [-0.4, -0.2) is 12.6 Å². The summed E-state index contributed by atoms with van der Waals surface area (Å²) >= 11 is 0. The summed E-state index contributed by atoms with van der Waals surface area (Å²) in [5.41, 5.74) is -0.00348. The Hall–Kier alpha value is -1.23. The lowest BCUT2D eigenvalue weighted by Crippen LogP contribution is -2.16. The highest BCUT2D eigenvalue weighted by Gasteiger charge is 2.35. The normalized spacial score (nSPS) is 19.1. The third-order valence-corrected chi connectivity index (χ3v) is 3.69. The van der Waals surface area contributed by atoms with Gasteiger partial charge in [-0.05, 0) is 49.3 Å². The highest BCUT2D eigenvalue weighted by Crippen LogP contribution is 2.38. The molecule has 2 aliphatic carbocycles. The summed E-state index contributed by atoms with van der Waals surface area (Å²) in [5, 5.41) is 3.22. The Morgan fingerprint density at radius 2 is 1.90 bits per heavy atom. The molecule has 2 fully saturated rings. The van der Waals surface area contributed by atoms with Gasteiger partial charge in [0, 0.05) is 12.6 Å². The molecule has 0 amide bonds. The quantitative estimate of drug-likeness (QED) is 0.859. The first-order valence-corrected chi connectivity index (χ1v) is 7.08. The van der Waals surface area contributed by atoms with E-state index in [0.717, 1.165) is 25.7 Å². The van der Waals surface area contributed by atoms with E-state index in [1.54, 1.807) is 6.07 Å². The smallest absolute Gasteiger partial charge is 0.419 e. The van der Waals surface area contributed by atoms with Crippen LogP contribution in [0.1, 0.15) is 36.8 Å². The van der Waals surface area contributed by atoms with Crippen molar-refractivity contribution >= 4 is 0 Å². The van der Waals surface area contributed by atoms with Gasteiger partial charge in [0.25, 0.3) is 0 Å². The van der Waals surface area contributed by atoms with Crippen LogP contribution in [0, 0.1) is 5.92 Å². The van der Waals surface area contributed by atoms with Gasteiger partial charge in [0.15, 0.2) is 0 Å². The minimum Gasteiger partial charge on any atom is -0.493 e. The topological polar surface area (TPSA) is 21.3 Å². The van der Waals surface area contributed by atoms with Crippen molar-refractivity contribution < 1.29 is 17.9 Å². The van der Waals surface area contributed by atoms with Crippen molar-refractivity contribution in [1.82, 2.24) is 5.32 Å². The number of hydrogen-bond donors (Lipinski definition) is 1. The van der Waals surface area contributed by atoms with E-state index >= 15 is 0 Å². The van der Waals surface area contributed by atoms with Gasteiger partial charge in [-0.25, -0.2) is 0 Å². The van der Waals surface area contributed by atoms with Gasteiger partial charge in [-0.1, -0.05) is 6.07 Å². The molecule has 110 valence electrons. The zero-order valence-electron chi connectivity index (χ0n) is 11.2. The average molecular weight is 285 g/mol. The largest absolute Gasteiger partial charge is 0.493 e. The molecule has 0 unspecified atom stereocenters. The SMILES string of the molecule is FC(F)(F)c1cc(CNC2CC2)ccc1OCC1CC1. The molecule has 1 aromatic rings. The standard InChI is InChI=1S/C15H18F3NO/c16-15(17,18)13-7-11(8-19-12-4-5-12)3-6-14(13)20-9-10-1-2-10/h3,6-7,10,12,19H,1-2,4-5,8-9H2. The molecule has 2 nitrogen and oxygen atoms in total. The van der Waals surface area contributed by atoms with Crippen LogP contribution in [0.4, 0.5) is 13.2 Å². The maximum Gasteiger partial charge on any atom is 0.419 e. The van der Waals surface area contributed by atoms with E-state index in [1.165, 1.54) is 12.1 Å². The molecule has 0 saturated heterocycles. The maximum atomic E-state index is 13.1. The molecule has 0 radical (unpaired) electrons. The van der Waals surface area contributed by atoms with Gasteiger partial charge in [-0.2, -0.15) is 13.2 Å².